The molecule has 0 aliphatic carbocycles. The molecule has 0 radical (unpaired) electrons. The molecule has 1 rings (SSSR count). The van der Waals surface area contributed by atoms with Gasteiger partial charge in [-0.3, -0.25) is 0 Å². The van der Waals surface area contributed by atoms with E-state index in [0.717, 1.165) is 5.56 Å². The van der Waals surface area contributed by atoms with E-state index in [0.29, 0.717) is 13.0 Å². The topological polar surface area (TPSA) is 29.5 Å². The molecule has 0 fully saturated rings. The summed E-state index contributed by atoms with van der Waals surface area (Å²) in [6.07, 6.45) is -6.39. The summed E-state index contributed by atoms with van der Waals surface area (Å²) in [6, 6.07) is 5.68. The van der Waals surface area contributed by atoms with Crippen LogP contribution in [0.3, 0.4) is 0 Å². The standard InChI is InChI=1S/C11H13F3O2/c1-16-7-6-8-2-4-9(5-3-8)10(15)11(12,13)14/h2-5,10,15H,6-7H2,1H3. The molecule has 16 heavy (non-hydrogen) atoms. The fourth-order valence-corrected chi connectivity index (χ4v) is 1.28. The van der Waals surface area contributed by atoms with E-state index >= 15 is 0 Å². The maximum absolute atomic E-state index is 12.2. The molecule has 90 valence electrons. The molecule has 0 spiro atoms. The molecule has 1 aromatic carbocycles. The first kappa shape index (κ1) is 13.0. The van der Waals surface area contributed by atoms with E-state index in [-0.39, 0.29) is 5.56 Å². The van der Waals surface area contributed by atoms with Gasteiger partial charge in [-0.25, -0.2) is 0 Å². The highest BCUT2D eigenvalue weighted by atomic mass is 19.4. The van der Waals surface area contributed by atoms with Gasteiger partial charge >= 0.3 is 6.18 Å². The smallest absolute Gasteiger partial charge is 0.384 e. The lowest BCUT2D eigenvalue weighted by Crippen LogP contribution is -2.20. The zero-order chi connectivity index (χ0) is 12.2. The average molecular weight is 234 g/mol. The van der Waals surface area contributed by atoms with Crippen molar-refractivity contribution in [2.24, 2.45) is 0 Å². The molecule has 0 bridgehead atoms. The number of aliphatic hydroxyl groups excluding tert-OH is 1. The number of alkyl halides is 3. The van der Waals surface area contributed by atoms with Gasteiger partial charge in [0.05, 0.1) is 6.61 Å². The minimum atomic E-state index is -4.62. The summed E-state index contributed by atoms with van der Waals surface area (Å²) in [5, 5.41) is 8.97. The Bertz CT molecular complexity index is 319. The third-order valence-electron chi connectivity index (χ3n) is 2.20. The monoisotopic (exact) mass is 234 g/mol. The van der Waals surface area contributed by atoms with Crippen LogP contribution in [0, 0.1) is 0 Å². The molecule has 1 atom stereocenters. The molecule has 2 nitrogen and oxygen atoms in total. The second-order valence-electron chi connectivity index (χ2n) is 3.43. The molecule has 0 aliphatic rings. The number of ether oxygens (including phenoxy) is 1. The van der Waals surface area contributed by atoms with E-state index in [9.17, 15) is 13.2 Å². The minimum Gasteiger partial charge on any atom is -0.384 e. The minimum absolute atomic E-state index is 0.145. The van der Waals surface area contributed by atoms with E-state index < -0.39 is 12.3 Å². The SMILES string of the molecule is COCCc1ccc(C(O)C(F)(F)F)cc1. The van der Waals surface area contributed by atoms with Gasteiger partial charge in [0, 0.05) is 7.11 Å². The number of benzene rings is 1. The average Bonchev–Trinajstić information content (AvgIpc) is 2.25. The first-order valence-electron chi connectivity index (χ1n) is 4.77. The van der Waals surface area contributed by atoms with E-state index in [2.05, 4.69) is 0 Å². The first-order valence-corrected chi connectivity index (χ1v) is 4.77. The van der Waals surface area contributed by atoms with Crippen LogP contribution in [0.5, 0.6) is 0 Å². The number of hydrogen-bond donors (Lipinski definition) is 1. The highest BCUT2D eigenvalue weighted by Crippen LogP contribution is 2.32. The fourth-order valence-electron chi connectivity index (χ4n) is 1.28. The van der Waals surface area contributed by atoms with Crippen molar-refractivity contribution in [3.05, 3.63) is 35.4 Å². The quantitative estimate of drug-likeness (QED) is 0.867. The van der Waals surface area contributed by atoms with Crippen LogP contribution in [0.25, 0.3) is 0 Å². The normalized spacial score (nSPS) is 13.8. The first-order chi connectivity index (χ1) is 7.45. The van der Waals surface area contributed by atoms with Crippen LogP contribution in [0.2, 0.25) is 0 Å². The summed E-state index contributed by atoms with van der Waals surface area (Å²) < 4.78 is 41.4. The highest BCUT2D eigenvalue weighted by molar-refractivity contribution is 5.25. The van der Waals surface area contributed by atoms with Gasteiger partial charge in [0.25, 0.3) is 0 Å². The van der Waals surface area contributed by atoms with Crippen molar-refractivity contribution >= 4 is 0 Å². The van der Waals surface area contributed by atoms with E-state index in [1.165, 1.54) is 12.1 Å². The largest absolute Gasteiger partial charge is 0.418 e. The maximum atomic E-state index is 12.2. The summed E-state index contributed by atoms with van der Waals surface area (Å²) in [5.74, 6) is 0. The molecule has 0 heterocycles. The zero-order valence-electron chi connectivity index (χ0n) is 8.79. The van der Waals surface area contributed by atoms with Gasteiger partial charge in [-0.05, 0) is 17.5 Å². The Labute approximate surface area is 91.7 Å². The van der Waals surface area contributed by atoms with Crippen molar-refractivity contribution in [2.45, 2.75) is 18.7 Å². The fraction of sp³-hybridized carbons (Fsp3) is 0.455. The number of aliphatic hydroxyl groups is 1. The van der Waals surface area contributed by atoms with Crippen molar-refractivity contribution in [1.29, 1.82) is 0 Å². The Morgan fingerprint density at radius 3 is 2.25 bits per heavy atom. The summed E-state index contributed by atoms with van der Waals surface area (Å²) in [5.41, 5.74) is 0.730. The van der Waals surface area contributed by atoms with Gasteiger partial charge in [-0.15, -0.1) is 0 Å². The van der Waals surface area contributed by atoms with E-state index in [1.54, 1.807) is 19.2 Å². The zero-order valence-corrected chi connectivity index (χ0v) is 8.79. The lowest BCUT2D eigenvalue weighted by Gasteiger charge is -2.14. The van der Waals surface area contributed by atoms with Gasteiger partial charge in [-0.2, -0.15) is 13.2 Å². The molecule has 0 saturated carbocycles. The van der Waals surface area contributed by atoms with Gasteiger partial charge in [-0.1, -0.05) is 24.3 Å². The summed E-state index contributed by atoms with van der Waals surface area (Å²) in [4.78, 5) is 0. The van der Waals surface area contributed by atoms with Crippen molar-refractivity contribution in [3.8, 4) is 0 Å². The number of halogens is 3. The van der Waals surface area contributed by atoms with Gasteiger partial charge in [0.2, 0.25) is 0 Å². The Morgan fingerprint density at radius 1 is 1.25 bits per heavy atom. The van der Waals surface area contributed by atoms with Crippen molar-refractivity contribution in [3.63, 3.8) is 0 Å². The van der Waals surface area contributed by atoms with Crippen LogP contribution >= 0.6 is 0 Å². The van der Waals surface area contributed by atoms with Crippen molar-refractivity contribution < 1.29 is 23.0 Å². The van der Waals surface area contributed by atoms with Crippen LogP contribution in [0.4, 0.5) is 13.2 Å². The number of methoxy groups -OCH3 is 1. The van der Waals surface area contributed by atoms with Crippen LogP contribution in [0.15, 0.2) is 24.3 Å². The van der Waals surface area contributed by atoms with Gasteiger partial charge in [0.15, 0.2) is 6.10 Å². The summed E-state index contributed by atoms with van der Waals surface area (Å²) in [7, 11) is 1.56. The maximum Gasteiger partial charge on any atom is 0.418 e. The number of rotatable bonds is 4. The molecule has 1 aromatic rings. The van der Waals surface area contributed by atoms with Crippen LogP contribution in [-0.2, 0) is 11.2 Å². The molecule has 1 N–H and O–H groups in total. The van der Waals surface area contributed by atoms with Crippen LogP contribution in [-0.4, -0.2) is 25.0 Å². The van der Waals surface area contributed by atoms with Crippen molar-refractivity contribution in [2.75, 3.05) is 13.7 Å². The second-order valence-corrected chi connectivity index (χ2v) is 3.43. The summed E-state index contributed by atoms with van der Waals surface area (Å²) >= 11 is 0. The lowest BCUT2D eigenvalue weighted by atomic mass is 10.1. The predicted molar refractivity (Wildman–Crippen MR) is 53.0 cm³/mol. The van der Waals surface area contributed by atoms with Gasteiger partial charge in [0.1, 0.15) is 0 Å². The van der Waals surface area contributed by atoms with Crippen LogP contribution < -0.4 is 0 Å². The molecule has 0 amide bonds. The second kappa shape index (κ2) is 5.32. The predicted octanol–water partition coefficient (Wildman–Crippen LogP) is 2.47. The molecule has 0 aromatic heterocycles. The number of hydrogen-bond acceptors (Lipinski definition) is 2. The van der Waals surface area contributed by atoms with Crippen LogP contribution in [0.1, 0.15) is 17.2 Å². The molecular formula is C11H13F3O2. The van der Waals surface area contributed by atoms with Crippen molar-refractivity contribution in [1.82, 2.24) is 0 Å². The Hall–Kier alpha value is -1.07. The van der Waals surface area contributed by atoms with E-state index in [4.69, 9.17) is 9.84 Å². The molecule has 0 aliphatic heterocycles. The molecule has 1 unspecified atom stereocenters. The molecular weight excluding hydrogens is 221 g/mol. The van der Waals surface area contributed by atoms with Gasteiger partial charge < -0.3 is 9.84 Å². The Morgan fingerprint density at radius 2 is 1.81 bits per heavy atom. The molecule has 5 heteroatoms. The Kier molecular flexibility index (Phi) is 4.32. The van der Waals surface area contributed by atoms with E-state index in [1.807, 2.05) is 0 Å². The summed E-state index contributed by atoms with van der Waals surface area (Å²) in [6.45, 7) is 0.515. The Balaban J connectivity index is 2.71. The third kappa shape index (κ3) is 3.50. The highest BCUT2D eigenvalue weighted by Gasteiger charge is 2.39. The molecule has 0 saturated heterocycles. The lowest BCUT2D eigenvalue weighted by molar-refractivity contribution is -0.206. The third-order valence-corrected chi connectivity index (χ3v) is 2.20.